The van der Waals surface area contributed by atoms with Crippen LogP contribution in [0.3, 0.4) is 0 Å². The second kappa shape index (κ2) is 7.60. The zero-order valence-electron chi connectivity index (χ0n) is 15.4. The van der Waals surface area contributed by atoms with E-state index in [1.807, 2.05) is 30.3 Å². The molecule has 0 saturated carbocycles. The first-order valence-electron chi connectivity index (χ1n) is 9.03. The molecule has 2 aromatic carbocycles. The molecule has 0 saturated heterocycles. The van der Waals surface area contributed by atoms with E-state index in [-0.39, 0.29) is 23.6 Å². The van der Waals surface area contributed by atoms with Gasteiger partial charge in [0.25, 0.3) is 5.91 Å². The summed E-state index contributed by atoms with van der Waals surface area (Å²) >= 11 is 0. The van der Waals surface area contributed by atoms with Crippen LogP contribution >= 0.6 is 0 Å². The zero-order chi connectivity index (χ0) is 19.5. The van der Waals surface area contributed by atoms with Gasteiger partial charge in [0.2, 0.25) is 5.95 Å². The fourth-order valence-electron chi connectivity index (χ4n) is 3.38. The molecular formula is C22H19N3O3. The maximum Gasteiger partial charge on any atom is 0.258 e. The van der Waals surface area contributed by atoms with Gasteiger partial charge in [-0.2, -0.15) is 0 Å². The number of hydrogen-bond donors (Lipinski definition) is 1. The second-order valence-corrected chi connectivity index (χ2v) is 6.68. The van der Waals surface area contributed by atoms with Crippen LogP contribution in [0.4, 0.5) is 5.95 Å². The Morgan fingerprint density at radius 1 is 1.07 bits per heavy atom. The lowest BCUT2D eigenvalue weighted by molar-refractivity contribution is 0.0962. The van der Waals surface area contributed by atoms with Gasteiger partial charge < -0.3 is 4.74 Å². The lowest BCUT2D eigenvalue weighted by Crippen LogP contribution is -2.22. The maximum atomic E-state index is 12.5. The van der Waals surface area contributed by atoms with E-state index in [2.05, 4.69) is 15.3 Å². The van der Waals surface area contributed by atoms with Crippen LogP contribution in [0.15, 0.2) is 60.8 Å². The molecular weight excluding hydrogens is 354 g/mol. The summed E-state index contributed by atoms with van der Waals surface area (Å²) in [6, 6.07) is 16.7. The van der Waals surface area contributed by atoms with Gasteiger partial charge in [-0.1, -0.05) is 30.3 Å². The van der Waals surface area contributed by atoms with Gasteiger partial charge in [0, 0.05) is 18.2 Å². The van der Waals surface area contributed by atoms with Gasteiger partial charge >= 0.3 is 0 Å². The van der Waals surface area contributed by atoms with Gasteiger partial charge in [0.15, 0.2) is 5.78 Å². The standard InChI is InChI=1S/C22H19N3O3/c1-28-17-9-7-15(8-10-17)21(27)25-22-23-13-18-19(24-22)11-16(12-20(18)26)14-5-3-2-4-6-14/h2-10,13,16H,11-12H2,1H3,(H,23,24,25,27)/t16-/m0/s1. The van der Waals surface area contributed by atoms with E-state index in [0.29, 0.717) is 35.4 Å². The Hall–Kier alpha value is -3.54. The van der Waals surface area contributed by atoms with Crippen LogP contribution in [0, 0.1) is 0 Å². The van der Waals surface area contributed by atoms with E-state index in [0.717, 1.165) is 5.56 Å². The number of rotatable bonds is 4. The summed E-state index contributed by atoms with van der Waals surface area (Å²) in [5.74, 6) is 0.668. The Balaban J connectivity index is 1.54. The molecule has 0 radical (unpaired) electrons. The summed E-state index contributed by atoms with van der Waals surface area (Å²) in [5.41, 5.74) is 2.80. The first-order chi connectivity index (χ1) is 13.6. The second-order valence-electron chi connectivity index (χ2n) is 6.68. The number of anilines is 1. The van der Waals surface area contributed by atoms with Crippen molar-refractivity contribution in [1.82, 2.24) is 9.97 Å². The summed E-state index contributed by atoms with van der Waals surface area (Å²) in [7, 11) is 1.57. The van der Waals surface area contributed by atoms with Crippen molar-refractivity contribution >= 4 is 17.6 Å². The van der Waals surface area contributed by atoms with Gasteiger partial charge in [-0.15, -0.1) is 0 Å². The van der Waals surface area contributed by atoms with Gasteiger partial charge in [-0.05, 0) is 42.2 Å². The molecule has 28 heavy (non-hydrogen) atoms. The molecule has 0 aliphatic heterocycles. The first-order valence-corrected chi connectivity index (χ1v) is 9.03. The Kier molecular flexibility index (Phi) is 4.85. The fourth-order valence-corrected chi connectivity index (χ4v) is 3.38. The molecule has 3 aromatic rings. The Morgan fingerprint density at radius 3 is 2.54 bits per heavy atom. The molecule has 140 valence electrons. The largest absolute Gasteiger partial charge is 0.497 e. The Bertz CT molecular complexity index is 1020. The molecule has 6 heteroatoms. The van der Waals surface area contributed by atoms with Crippen LogP contribution in [-0.2, 0) is 6.42 Å². The van der Waals surface area contributed by atoms with Gasteiger partial charge in [-0.25, -0.2) is 9.97 Å². The van der Waals surface area contributed by atoms with Crippen molar-refractivity contribution < 1.29 is 14.3 Å². The van der Waals surface area contributed by atoms with Crippen LogP contribution in [0.5, 0.6) is 5.75 Å². The molecule has 4 rings (SSSR count). The van der Waals surface area contributed by atoms with Crippen molar-refractivity contribution in [3.05, 3.63) is 83.2 Å². The average molecular weight is 373 g/mol. The molecule has 1 aliphatic carbocycles. The molecule has 1 atom stereocenters. The Morgan fingerprint density at radius 2 is 1.82 bits per heavy atom. The Labute approximate surface area is 162 Å². The topological polar surface area (TPSA) is 81.2 Å². The number of hydrogen-bond acceptors (Lipinski definition) is 5. The number of benzene rings is 2. The van der Waals surface area contributed by atoms with E-state index in [1.54, 1.807) is 31.4 Å². The highest BCUT2D eigenvalue weighted by Crippen LogP contribution is 2.31. The molecule has 0 fully saturated rings. The number of amides is 1. The number of nitrogens with zero attached hydrogens (tertiary/aromatic N) is 2. The summed E-state index contributed by atoms with van der Waals surface area (Å²) in [6.07, 6.45) is 2.59. The lowest BCUT2D eigenvalue weighted by atomic mass is 9.82. The first kappa shape index (κ1) is 17.9. The van der Waals surface area contributed by atoms with Crippen molar-refractivity contribution in [3.63, 3.8) is 0 Å². The fraction of sp³-hybridized carbons (Fsp3) is 0.182. The van der Waals surface area contributed by atoms with E-state index in [1.165, 1.54) is 6.20 Å². The number of aromatic nitrogens is 2. The summed E-state index contributed by atoms with van der Waals surface area (Å²) in [5, 5.41) is 2.70. The highest BCUT2D eigenvalue weighted by atomic mass is 16.5. The number of fused-ring (bicyclic) bond motifs is 1. The highest BCUT2D eigenvalue weighted by Gasteiger charge is 2.28. The van der Waals surface area contributed by atoms with Crippen molar-refractivity contribution in [2.45, 2.75) is 18.8 Å². The number of nitrogens with one attached hydrogen (secondary N) is 1. The normalized spacial score (nSPS) is 15.6. The third-order valence-corrected chi connectivity index (χ3v) is 4.89. The quantitative estimate of drug-likeness (QED) is 0.755. The minimum atomic E-state index is -0.315. The minimum Gasteiger partial charge on any atom is -0.497 e. The summed E-state index contributed by atoms with van der Waals surface area (Å²) in [4.78, 5) is 33.5. The monoisotopic (exact) mass is 373 g/mol. The summed E-state index contributed by atoms with van der Waals surface area (Å²) in [6.45, 7) is 0. The average Bonchev–Trinajstić information content (AvgIpc) is 2.74. The van der Waals surface area contributed by atoms with Crippen LogP contribution in [-0.4, -0.2) is 28.8 Å². The van der Waals surface area contributed by atoms with Crippen molar-refractivity contribution in [2.24, 2.45) is 0 Å². The third kappa shape index (κ3) is 3.62. The van der Waals surface area contributed by atoms with Crippen molar-refractivity contribution in [2.75, 3.05) is 12.4 Å². The molecule has 1 aliphatic rings. The number of ether oxygens (including phenoxy) is 1. The highest BCUT2D eigenvalue weighted by molar-refractivity contribution is 6.03. The molecule has 0 spiro atoms. The van der Waals surface area contributed by atoms with Crippen LogP contribution in [0.25, 0.3) is 0 Å². The molecule has 1 aromatic heterocycles. The van der Waals surface area contributed by atoms with Crippen molar-refractivity contribution in [1.29, 1.82) is 0 Å². The van der Waals surface area contributed by atoms with E-state index in [4.69, 9.17) is 4.74 Å². The molecule has 1 N–H and O–H groups in total. The summed E-state index contributed by atoms with van der Waals surface area (Å²) < 4.78 is 5.10. The van der Waals surface area contributed by atoms with Crippen molar-refractivity contribution in [3.8, 4) is 5.75 Å². The molecule has 6 nitrogen and oxygen atoms in total. The van der Waals surface area contributed by atoms with Crippen LogP contribution in [0.2, 0.25) is 0 Å². The number of ketones is 1. The van der Waals surface area contributed by atoms with Gasteiger partial charge in [0.1, 0.15) is 5.75 Å². The number of methoxy groups -OCH3 is 1. The lowest BCUT2D eigenvalue weighted by Gasteiger charge is -2.23. The van der Waals surface area contributed by atoms with E-state index in [9.17, 15) is 9.59 Å². The molecule has 0 unspecified atom stereocenters. The zero-order valence-corrected chi connectivity index (χ0v) is 15.4. The van der Waals surface area contributed by atoms with E-state index >= 15 is 0 Å². The van der Waals surface area contributed by atoms with Crippen LogP contribution in [0.1, 0.15) is 44.3 Å². The predicted octanol–water partition coefficient (Wildman–Crippen LogP) is 3.65. The predicted molar refractivity (Wildman–Crippen MR) is 105 cm³/mol. The third-order valence-electron chi connectivity index (χ3n) is 4.89. The smallest absolute Gasteiger partial charge is 0.258 e. The molecule has 1 heterocycles. The molecule has 0 bridgehead atoms. The van der Waals surface area contributed by atoms with Gasteiger partial charge in [0.05, 0.1) is 18.4 Å². The van der Waals surface area contributed by atoms with Gasteiger partial charge in [-0.3, -0.25) is 14.9 Å². The van der Waals surface area contributed by atoms with Crippen LogP contribution < -0.4 is 10.1 Å². The maximum absolute atomic E-state index is 12.5. The number of Topliss-reactive ketones (excluding diaryl/α,β-unsaturated/α-hetero) is 1. The number of carbonyl (C=O) groups excluding carboxylic acids is 2. The SMILES string of the molecule is COc1ccc(C(=O)Nc2ncc3c(n2)C[C@H](c2ccccc2)CC3=O)cc1. The molecule has 1 amide bonds. The minimum absolute atomic E-state index is 0.0307. The number of carbonyl (C=O) groups is 2. The van der Waals surface area contributed by atoms with E-state index < -0.39 is 0 Å².